The summed E-state index contributed by atoms with van der Waals surface area (Å²) in [6.45, 7) is 8.41. The summed E-state index contributed by atoms with van der Waals surface area (Å²) in [5.74, 6) is -0.854. The van der Waals surface area contributed by atoms with Crippen molar-refractivity contribution in [2.24, 2.45) is 0 Å². The van der Waals surface area contributed by atoms with Crippen molar-refractivity contribution in [3.63, 3.8) is 0 Å². The van der Waals surface area contributed by atoms with E-state index >= 15 is 0 Å². The molecule has 1 aliphatic heterocycles. The fourth-order valence-electron chi connectivity index (χ4n) is 2.93. The maximum absolute atomic E-state index is 12.6. The SMILES string of the molecule is CCN(CC(=O)NCCN1C(=O)S/C(=C\c2ccccc2Cl)C1=O)CC(=O)NC(C)(C)C. The number of rotatable bonds is 9. The Morgan fingerprint density at radius 1 is 1.16 bits per heavy atom. The first-order valence-corrected chi connectivity index (χ1v) is 11.5. The second kappa shape index (κ2) is 11.5. The van der Waals surface area contributed by atoms with Gasteiger partial charge in [0, 0.05) is 23.7 Å². The topological polar surface area (TPSA) is 98.8 Å². The molecule has 0 unspecified atom stereocenters. The fraction of sp³-hybridized carbons (Fsp3) is 0.455. The highest BCUT2D eigenvalue weighted by Gasteiger charge is 2.34. The van der Waals surface area contributed by atoms with Crippen LogP contribution in [0.25, 0.3) is 6.08 Å². The number of hydrogen-bond donors (Lipinski definition) is 2. The van der Waals surface area contributed by atoms with E-state index in [0.717, 1.165) is 16.7 Å². The van der Waals surface area contributed by atoms with Gasteiger partial charge in [-0.25, -0.2) is 0 Å². The Labute approximate surface area is 197 Å². The highest BCUT2D eigenvalue weighted by atomic mass is 35.5. The summed E-state index contributed by atoms with van der Waals surface area (Å²) in [4.78, 5) is 52.2. The Bertz CT molecular complexity index is 913. The quantitative estimate of drug-likeness (QED) is 0.527. The maximum Gasteiger partial charge on any atom is 0.293 e. The molecule has 0 radical (unpaired) electrons. The first-order chi connectivity index (χ1) is 15.0. The lowest BCUT2D eigenvalue weighted by Crippen LogP contribution is -2.48. The lowest BCUT2D eigenvalue weighted by Gasteiger charge is -2.24. The molecule has 2 rings (SSSR count). The molecule has 0 atom stereocenters. The molecule has 10 heteroatoms. The molecule has 0 aromatic heterocycles. The zero-order chi connectivity index (χ0) is 23.9. The van der Waals surface area contributed by atoms with E-state index in [9.17, 15) is 19.2 Å². The number of nitrogens with one attached hydrogen (secondary N) is 2. The molecule has 174 valence electrons. The molecule has 1 heterocycles. The van der Waals surface area contributed by atoms with Crippen LogP contribution in [-0.2, 0) is 14.4 Å². The van der Waals surface area contributed by atoms with Crippen LogP contribution in [0.1, 0.15) is 33.3 Å². The predicted octanol–water partition coefficient (Wildman–Crippen LogP) is 2.73. The van der Waals surface area contributed by atoms with Gasteiger partial charge in [0.15, 0.2) is 0 Å². The normalized spacial score (nSPS) is 15.6. The first kappa shape index (κ1) is 25.9. The number of carbonyl (C=O) groups excluding carboxylic acids is 4. The van der Waals surface area contributed by atoms with Gasteiger partial charge in [0.2, 0.25) is 11.8 Å². The summed E-state index contributed by atoms with van der Waals surface area (Å²) in [5, 5.41) is 5.66. The van der Waals surface area contributed by atoms with Gasteiger partial charge in [0.25, 0.3) is 11.1 Å². The smallest absolute Gasteiger partial charge is 0.293 e. The average molecular weight is 481 g/mol. The minimum Gasteiger partial charge on any atom is -0.353 e. The van der Waals surface area contributed by atoms with Crippen LogP contribution in [0, 0.1) is 0 Å². The van der Waals surface area contributed by atoms with Gasteiger partial charge in [-0.05, 0) is 56.8 Å². The minimum absolute atomic E-state index is 0.0440. The van der Waals surface area contributed by atoms with E-state index in [1.165, 1.54) is 0 Å². The molecule has 0 saturated carbocycles. The lowest BCUT2D eigenvalue weighted by molar-refractivity contribution is -0.127. The highest BCUT2D eigenvalue weighted by Crippen LogP contribution is 2.33. The molecule has 8 nitrogen and oxygen atoms in total. The second-order valence-corrected chi connectivity index (χ2v) is 9.71. The zero-order valence-corrected chi connectivity index (χ0v) is 20.3. The predicted molar refractivity (Wildman–Crippen MR) is 127 cm³/mol. The molecule has 2 N–H and O–H groups in total. The van der Waals surface area contributed by atoms with Gasteiger partial charge < -0.3 is 10.6 Å². The summed E-state index contributed by atoms with van der Waals surface area (Å²) >= 11 is 6.96. The van der Waals surface area contributed by atoms with Crippen molar-refractivity contribution < 1.29 is 19.2 Å². The van der Waals surface area contributed by atoms with Crippen LogP contribution in [0.15, 0.2) is 29.2 Å². The zero-order valence-electron chi connectivity index (χ0n) is 18.7. The Morgan fingerprint density at radius 3 is 2.44 bits per heavy atom. The maximum atomic E-state index is 12.6. The number of hydrogen-bond acceptors (Lipinski definition) is 6. The van der Waals surface area contributed by atoms with Gasteiger partial charge in [-0.1, -0.05) is 36.7 Å². The molecule has 1 fully saturated rings. The number of halogens is 1. The Hall–Kier alpha value is -2.36. The lowest BCUT2D eigenvalue weighted by atomic mass is 10.1. The molecule has 1 aliphatic rings. The Morgan fingerprint density at radius 2 is 1.81 bits per heavy atom. The van der Waals surface area contributed by atoms with Crippen LogP contribution in [0.5, 0.6) is 0 Å². The fourth-order valence-corrected chi connectivity index (χ4v) is 3.98. The molecular weight excluding hydrogens is 452 g/mol. The van der Waals surface area contributed by atoms with Crippen LogP contribution in [-0.4, -0.2) is 71.0 Å². The van der Waals surface area contributed by atoms with E-state index in [0.29, 0.717) is 17.1 Å². The molecule has 1 aromatic rings. The number of nitrogens with zero attached hydrogens (tertiary/aromatic N) is 2. The molecule has 4 amide bonds. The van der Waals surface area contributed by atoms with Crippen molar-refractivity contribution >= 4 is 52.4 Å². The summed E-state index contributed by atoms with van der Waals surface area (Å²) in [5.41, 5.74) is 0.313. The van der Waals surface area contributed by atoms with Gasteiger partial charge in [-0.2, -0.15) is 0 Å². The molecule has 1 aromatic carbocycles. The van der Waals surface area contributed by atoms with Crippen molar-refractivity contribution in [1.29, 1.82) is 0 Å². The number of amides is 4. The Balaban J connectivity index is 1.84. The summed E-state index contributed by atoms with van der Waals surface area (Å²) in [6, 6.07) is 7.05. The number of thioether (sulfide) groups is 1. The van der Waals surface area contributed by atoms with Crippen LogP contribution < -0.4 is 10.6 Å². The van der Waals surface area contributed by atoms with Crippen LogP contribution in [0.3, 0.4) is 0 Å². The van der Waals surface area contributed by atoms with Gasteiger partial charge in [-0.15, -0.1) is 0 Å². The van der Waals surface area contributed by atoms with Gasteiger partial charge >= 0.3 is 0 Å². The average Bonchev–Trinajstić information content (AvgIpc) is 2.95. The van der Waals surface area contributed by atoms with E-state index in [4.69, 9.17) is 11.6 Å². The highest BCUT2D eigenvalue weighted by molar-refractivity contribution is 8.18. The third kappa shape index (κ3) is 7.96. The van der Waals surface area contributed by atoms with Crippen LogP contribution in [0.4, 0.5) is 4.79 Å². The van der Waals surface area contributed by atoms with E-state index in [-0.39, 0.29) is 48.4 Å². The van der Waals surface area contributed by atoms with Crippen molar-refractivity contribution in [2.45, 2.75) is 33.2 Å². The van der Waals surface area contributed by atoms with E-state index in [1.54, 1.807) is 35.2 Å². The largest absolute Gasteiger partial charge is 0.353 e. The molecular formula is C22H29ClN4O4S. The molecule has 0 bridgehead atoms. The second-order valence-electron chi connectivity index (χ2n) is 8.31. The van der Waals surface area contributed by atoms with E-state index < -0.39 is 11.1 Å². The molecule has 1 saturated heterocycles. The monoisotopic (exact) mass is 480 g/mol. The first-order valence-electron chi connectivity index (χ1n) is 10.3. The van der Waals surface area contributed by atoms with Crippen molar-refractivity contribution in [1.82, 2.24) is 20.4 Å². The van der Waals surface area contributed by atoms with Crippen molar-refractivity contribution in [3.05, 3.63) is 39.8 Å². The number of imide groups is 1. The van der Waals surface area contributed by atoms with Gasteiger partial charge in [0.05, 0.1) is 18.0 Å². The number of likely N-dealkylation sites (N-methyl/N-ethyl adjacent to an activating group) is 1. The van der Waals surface area contributed by atoms with E-state index in [1.807, 2.05) is 27.7 Å². The van der Waals surface area contributed by atoms with Crippen molar-refractivity contribution in [2.75, 3.05) is 32.7 Å². The Kier molecular flexibility index (Phi) is 9.30. The van der Waals surface area contributed by atoms with Gasteiger partial charge in [0.1, 0.15) is 0 Å². The third-order valence-corrected chi connectivity index (χ3v) is 5.67. The number of benzene rings is 1. The van der Waals surface area contributed by atoms with E-state index in [2.05, 4.69) is 10.6 Å². The van der Waals surface area contributed by atoms with Crippen LogP contribution >= 0.6 is 23.4 Å². The molecule has 0 spiro atoms. The third-order valence-electron chi connectivity index (χ3n) is 4.42. The molecule has 0 aliphatic carbocycles. The summed E-state index contributed by atoms with van der Waals surface area (Å²) in [7, 11) is 0. The number of carbonyl (C=O) groups is 4. The standard InChI is InChI=1S/C22H29ClN4O4S/c1-5-26(14-19(29)25-22(2,3)4)13-18(28)24-10-11-27-20(30)17(32-21(27)31)12-15-8-6-7-9-16(15)23/h6-9,12H,5,10-11,13-14H2,1-4H3,(H,24,28)(H,25,29)/b17-12-. The van der Waals surface area contributed by atoms with Crippen LogP contribution in [0.2, 0.25) is 5.02 Å². The summed E-state index contributed by atoms with van der Waals surface area (Å²) < 4.78 is 0. The van der Waals surface area contributed by atoms with Gasteiger partial charge in [-0.3, -0.25) is 29.0 Å². The summed E-state index contributed by atoms with van der Waals surface area (Å²) in [6.07, 6.45) is 1.59. The van der Waals surface area contributed by atoms with Crippen molar-refractivity contribution in [3.8, 4) is 0 Å². The minimum atomic E-state index is -0.414. The molecule has 32 heavy (non-hydrogen) atoms.